The van der Waals surface area contributed by atoms with Crippen LogP contribution in [-0.2, 0) is 0 Å². The Balaban J connectivity index is 2.37. The number of carbonyl (C=O) groups excluding carboxylic acids is 1. The molecular weight excluding hydrogens is 170 g/mol. The van der Waals surface area contributed by atoms with Gasteiger partial charge in [0.15, 0.2) is 0 Å². The van der Waals surface area contributed by atoms with E-state index in [1.165, 1.54) is 0 Å². The molecule has 0 saturated carbocycles. The number of oxime groups is 1. The molecule has 1 heterocycles. The molecule has 1 aliphatic heterocycles. The summed E-state index contributed by atoms with van der Waals surface area (Å²) < 4.78 is 0. The fourth-order valence-electron chi connectivity index (χ4n) is 1.17. The van der Waals surface area contributed by atoms with E-state index in [4.69, 9.17) is 5.21 Å². The molecule has 1 rings (SSSR count). The van der Waals surface area contributed by atoms with Crippen LogP contribution in [0.5, 0.6) is 0 Å². The molecule has 0 aromatic heterocycles. The van der Waals surface area contributed by atoms with Crippen molar-refractivity contribution in [3.8, 4) is 0 Å². The highest BCUT2D eigenvalue weighted by Gasteiger charge is 2.22. The number of rotatable bonds is 2. The predicted octanol–water partition coefficient (Wildman–Crippen LogP) is 0.418. The van der Waals surface area contributed by atoms with Gasteiger partial charge in [0.2, 0.25) is 0 Å². The fraction of sp³-hybridized carbons (Fsp3) is 0.500. The second kappa shape index (κ2) is 4.49. The number of hydrogen-bond donors (Lipinski definition) is 2. The molecule has 0 aromatic carbocycles. The summed E-state index contributed by atoms with van der Waals surface area (Å²) in [4.78, 5) is 12.9. The number of nitrogens with zero attached hydrogens (tertiary/aromatic N) is 2. The molecule has 0 atom stereocenters. The summed E-state index contributed by atoms with van der Waals surface area (Å²) in [7, 11) is 0. The topological polar surface area (TPSA) is 64.9 Å². The van der Waals surface area contributed by atoms with Crippen molar-refractivity contribution in [2.24, 2.45) is 5.16 Å². The zero-order chi connectivity index (χ0) is 9.68. The van der Waals surface area contributed by atoms with Crippen LogP contribution in [0.2, 0.25) is 0 Å². The van der Waals surface area contributed by atoms with Crippen LogP contribution in [0, 0.1) is 0 Å². The second-order valence-electron chi connectivity index (χ2n) is 2.81. The Hall–Kier alpha value is -1.52. The van der Waals surface area contributed by atoms with Gasteiger partial charge in [-0.1, -0.05) is 11.2 Å². The van der Waals surface area contributed by atoms with Gasteiger partial charge in [-0.15, -0.1) is 6.58 Å². The first-order valence-corrected chi connectivity index (χ1v) is 4.11. The number of nitrogens with one attached hydrogen (secondary N) is 1. The van der Waals surface area contributed by atoms with Crippen LogP contribution >= 0.6 is 0 Å². The smallest absolute Gasteiger partial charge is 0.318 e. The molecule has 72 valence electrons. The van der Waals surface area contributed by atoms with Crippen molar-refractivity contribution >= 4 is 11.7 Å². The molecule has 0 unspecified atom stereocenters. The van der Waals surface area contributed by atoms with Crippen molar-refractivity contribution in [1.82, 2.24) is 10.2 Å². The van der Waals surface area contributed by atoms with Gasteiger partial charge >= 0.3 is 6.03 Å². The largest absolute Gasteiger partial charge is 0.411 e. The van der Waals surface area contributed by atoms with E-state index >= 15 is 0 Å². The van der Waals surface area contributed by atoms with Gasteiger partial charge in [-0.2, -0.15) is 0 Å². The predicted molar refractivity (Wildman–Crippen MR) is 49.0 cm³/mol. The van der Waals surface area contributed by atoms with E-state index in [0.717, 1.165) is 0 Å². The highest BCUT2D eigenvalue weighted by atomic mass is 16.4. The Labute approximate surface area is 76.7 Å². The number of hydrogen-bond acceptors (Lipinski definition) is 3. The maximum absolute atomic E-state index is 11.3. The lowest BCUT2D eigenvalue weighted by Gasteiger charge is -2.14. The van der Waals surface area contributed by atoms with Crippen LogP contribution in [0.4, 0.5) is 4.79 Å². The summed E-state index contributed by atoms with van der Waals surface area (Å²) in [5, 5.41) is 14.2. The fourth-order valence-corrected chi connectivity index (χ4v) is 1.17. The van der Waals surface area contributed by atoms with E-state index in [1.54, 1.807) is 11.0 Å². The van der Waals surface area contributed by atoms with Crippen molar-refractivity contribution in [2.75, 3.05) is 19.6 Å². The minimum atomic E-state index is -0.140. The Bertz CT molecular complexity index is 238. The van der Waals surface area contributed by atoms with Gasteiger partial charge < -0.3 is 15.4 Å². The highest BCUT2D eigenvalue weighted by molar-refractivity contribution is 5.92. The van der Waals surface area contributed by atoms with Crippen molar-refractivity contribution in [3.63, 3.8) is 0 Å². The number of likely N-dealkylation sites (tertiary alicyclic amines) is 1. The van der Waals surface area contributed by atoms with Crippen molar-refractivity contribution in [3.05, 3.63) is 12.7 Å². The summed E-state index contributed by atoms with van der Waals surface area (Å²) in [6, 6.07) is -0.140. The lowest BCUT2D eigenvalue weighted by Crippen LogP contribution is -2.38. The van der Waals surface area contributed by atoms with Gasteiger partial charge in [-0.25, -0.2) is 4.79 Å². The Morgan fingerprint density at radius 1 is 1.85 bits per heavy atom. The van der Waals surface area contributed by atoms with E-state index < -0.39 is 0 Å². The molecule has 5 heteroatoms. The van der Waals surface area contributed by atoms with Crippen molar-refractivity contribution < 1.29 is 10.0 Å². The van der Waals surface area contributed by atoms with E-state index in [0.29, 0.717) is 31.8 Å². The average Bonchev–Trinajstić information content (AvgIpc) is 2.62. The molecule has 0 spiro atoms. The van der Waals surface area contributed by atoms with Crippen LogP contribution in [-0.4, -0.2) is 41.5 Å². The summed E-state index contributed by atoms with van der Waals surface area (Å²) in [6.07, 6.45) is 2.27. The van der Waals surface area contributed by atoms with Gasteiger partial charge in [0.05, 0.1) is 12.3 Å². The lowest BCUT2D eigenvalue weighted by atomic mass is 10.3. The quantitative estimate of drug-likeness (QED) is 0.370. The Morgan fingerprint density at radius 2 is 2.62 bits per heavy atom. The maximum Gasteiger partial charge on any atom is 0.318 e. The molecule has 0 radical (unpaired) electrons. The molecule has 1 fully saturated rings. The van der Waals surface area contributed by atoms with Gasteiger partial charge in [-0.05, 0) is 0 Å². The first kappa shape index (κ1) is 9.57. The molecule has 1 aliphatic rings. The molecule has 0 bridgehead atoms. The van der Waals surface area contributed by atoms with E-state index in [2.05, 4.69) is 17.1 Å². The van der Waals surface area contributed by atoms with Crippen molar-refractivity contribution in [2.45, 2.75) is 6.42 Å². The second-order valence-corrected chi connectivity index (χ2v) is 2.81. The molecule has 0 aliphatic carbocycles. The molecule has 0 aromatic rings. The van der Waals surface area contributed by atoms with Crippen LogP contribution in [0.15, 0.2) is 17.8 Å². The van der Waals surface area contributed by atoms with E-state index in [9.17, 15) is 4.79 Å². The van der Waals surface area contributed by atoms with Gasteiger partial charge in [0, 0.05) is 19.5 Å². The third-order valence-electron chi connectivity index (χ3n) is 1.87. The van der Waals surface area contributed by atoms with Gasteiger partial charge in [-0.3, -0.25) is 0 Å². The SMILES string of the molecule is C=CCNC(=O)N1CC/C(=N/O)C1. The summed E-state index contributed by atoms with van der Waals surface area (Å²) in [5.41, 5.74) is 0.647. The third kappa shape index (κ3) is 2.47. The number of amides is 2. The van der Waals surface area contributed by atoms with Crippen molar-refractivity contribution in [1.29, 1.82) is 0 Å². The van der Waals surface area contributed by atoms with Gasteiger partial charge in [0.1, 0.15) is 0 Å². The zero-order valence-electron chi connectivity index (χ0n) is 7.36. The summed E-state index contributed by atoms with van der Waals surface area (Å²) >= 11 is 0. The molecule has 2 amide bonds. The molecule has 5 nitrogen and oxygen atoms in total. The van der Waals surface area contributed by atoms with Crippen LogP contribution in [0.1, 0.15) is 6.42 Å². The van der Waals surface area contributed by atoms with Crippen LogP contribution in [0.3, 0.4) is 0 Å². The average molecular weight is 183 g/mol. The minimum Gasteiger partial charge on any atom is -0.411 e. The minimum absolute atomic E-state index is 0.140. The normalized spacial score (nSPS) is 19.1. The van der Waals surface area contributed by atoms with E-state index in [1.807, 2.05) is 0 Å². The number of carbonyl (C=O) groups is 1. The third-order valence-corrected chi connectivity index (χ3v) is 1.87. The first-order chi connectivity index (χ1) is 6.27. The first-order valence-electron chi connectivity index (χ1n) is 4.11. The van der Waals surface area contributed by atoms with Gasteiger partial charge in [0.25, 0.3) is 0 Å². The zero-order valence-corrected chi connectivity index (χ0v) is 7.36. The van der Waals surface area contributed by atoms with Crippen LogP contribution < -0.4 is 5.32 Å². The monoisotopic (exact) mass is 183 g/mol. The summed E-state index contributed by atoms with van der Waals surface area (Å²) in [6.45, 7) is 4.98. The molecular formula is C8H13N3O2. The summed E-state index contributed by atoms with van der Waals surface area (Å²) in [5.74, 6) is 0. The standard InChI is InChI=1S/C8H13N3O2/c1-2-4-9-8(12)11-5-3-7(6-11)10-13/h2,13H,1,3-6H2,(H,9,12)/b10-7-. The number of urea groups is 1. The Kier molecular flexibility index (Phi) is 3.31. The van der Waals surface area contributed by atoms with E-state index in [-0.39, 0.29) is 6.03 Å². The molecule has 1 saturated heterocycles. The molecule has 2 N–H and O–H groups in total. The molecule has 13 heavy (non-hydrogen) atoms. The Morgan fingerprint density at radius 3 is 3.15 bits per heavy atom. The highest BCUT2D eigenvalue weighted by Crippen LogP contribution is 2.05. The van der Waals surface area contributed by atoms with Crippen LogP contribution in [0.25, 0.3) is 0 Å². The lowest BCUT2D eigenvalue weighted by molar-refractivity contribution is 0.211. The maximum atomic E-state index is 11.3.